The number of hydrogen-bond acceptors (Lipinski definition) is 6. The van der Waals surface area contributed by atoms with E-state index in [1.807, 2.05) is 45.2 Å². The monoisotopic (exact) mass is 648 g/mol. The maximum absolute atomic E-state index is 13.9. The van der Waals surface area contributed by atoms with Gasteiger partial charge in [-0.25, -0.2) is 13.6 Å². The zero-order chi connectivity index (χ0) is 34.3. The van der Waals surface area contributed by atoms with E-state index in [2.05, 4.69) is 17.0 Å². The minimum Gasteiger partial charge on any atom is -0.457 e. The average molecular weight is 649 g/mol. The van der Waals surface area contributed by atoms with Crippen LogP contribution in [-0.2, 0) is 28.3 Å². The first-order valence-corrected chi connectivity index (χ1v) is 16.0. The maximum atomic E-state index is 13.9. The number of carbonyl (C=O) groups excluding carboxylic acids is 1. The summed E-state index contributed by atoms with van der Waals surface area (Å²) in [6.07, 6.45) is 5.64. The zero-order valence-corrected chi connectivity index (χ0v) is 27.9. The zero-order valence-electron chi connectivity index (χ0n) is 27.9. The first kappa shape index (κ1) is 34.6. The number of benzene rings is 4. The average Bonchev–Trinajstić information content (AvgIpc) is 3.44. The summed E-state index contributed by atoms with van der Waals surface area (Å²) in [4.78, 5) is 17.6. The van der Waals surface area contributed by atoms with Crippen LogP contribution in [0, 0.1) is 29.0 Å². The summed E-state index contributed by atoms with van der Waals surface area (Å²) >= 11 is 0. The van der Waals surface area contributed by atoms with Crippen LogP contribution in [-0.4, -0.2) is 57.0 Å². The Morgan fingerprint density at radius 3 is 2.21 bits per heavy atom. The van der Waals surface area contributed by atoms with Crippen molar-refractivity contribution in [2.24, 2.45) is 0 Å². The second-order valence-corrected chi connectivity index (χ2v) is 12.6. The molecule has 0 N–H and O–H groups in total. The standard InChI is InChI=1S/C40H40F2N3O3/c1-44(2)21-5-7-36(29-9-14-34(41)15-10-29)37-18-8-28(25-43)23-31(37)26-47-39(46)30-11-19-38-32(24-30)27-48-40(38,20-6-22-45(3)4)33-12-16-35(42)17-13-33/h8-19,23-24H,5-6,20-22,26-27H2,1-4H3. The molecule has 1 atom stereocenters. The first-order chi connectivity index (χ1) is 23.1. The molecule has 0 fully saturated rings. The van der Waals surface area contributed by atoms with E-state index >= 15 is 0 Å². The Kier molecular flexibility index (Phi) is 11.2. The van der Waals surface area contributed by atoms with Crippen molar-refractivity contribution in [2.45, 2.75) is 38.1 Å². The van der Waals surface area contributed by atoms with Gasteiger partial charge in [0, 0.05) is 6.54 Å². The molecule has 8 heteroatoms. The summed E-state index contributed by atoms with van der Waals surface area (Å²) in [5.74, 6) is -1.17. The van der Waals surface area contributed by atoms with Crippen molar-refractivity contribution in [1.82, 2.24) is 9.80 Å². The molecule has 1 heterocycles. The molecule has 0 bridgehead atoms. The lowest BCUT2D eigenvalue weighted by molar-refractivity contribution is -0.0140. The van der Waals surface area contributed by atoms with E-state index in [1.54, 1.807) is 48.5 Å². The molecule has 1 unspecified atom stereocenters. The van der Waals surface area contributed by atoms with Crippen LogP contribution < -0.4 is 0 Å². The number of nitriles is 1. The van der Waals surface area contributed by atoms with Gasteiger partial charge in [-0.2, -0.15) is 5.26 Å². The highest BCUT2D eigenvalue weighted by Crippen LogP contribution is 2.45. The van der Waals surface area contributed by atoms with Crippen LogP contribution >= 0.6 is 0 Å². The molecule has 247 valence electrons. The molecule has 0 spiro atoms. The predicted molar refractivity (Wildman–Crippen MR) is 182 cm³/mol. The molecule has 4 aromatic rings. The largest absolute Gasteiger partial charge is 0.457 e. The lowest BCUT2D eigenvalue weighted by atomic mass is 9.81. The molecule has 0 aromatic heterocycles. The van der Waals surface area contributed by atoms with Crippen LogP contribution in [0.25, 0.3) is 5.57 Å². The molecule has 48 heavy (non-hydrogen) atoms. The van der Waals surface area contributed by atoms with E-state index in [0.717, 1.165) is 52.9 Å². The molecular formula is C40H40F2N3O3. The summed E-state index contributed by atoms with van der Waals surface area (Å²) in [5, 5.41) is 9.65. The third kappa shape index (κ3) is 8.06. The Balaban J connectivity index is 1.41. The normalized spacial score (nSPS) is 15.9. The summed E-state index contributed by atoms with van der Waals surface area (Å²) in [5.41, 5.74) is 5.65. The van der Waals surface area contributed by atoms with Crippen molar-refractivity contribution in [3.63, 3.8) is 0 Å². The van der Waals surface area contributed by atoms with Gasteiger partial charge in [-0.15, -0.1) is 0 Å². The van der Waals surface area contributed by atoms with Gasteiger partial charge in [0.2, 0.25) is 0 Å². The minimum absolute atomic E-state index is 0.0820. The second kappa shape index (κ2) is 15.5. The topological polar surface area (TPSA) is 65.8 Å². The fourth-order valence-corrected chi connectivity index (χ4v) is 6.09. The lowest BCUT2D eigenvalue weighted by Crippen LogP contribution is -2.28. The molecule has 1 aliphatic rings. The summed E-state index contributed by atoms with van der Waals surface area (Å²) in [6, 6.07) is 25.5. The molecule has 0 aliphatic carbocycles. The highest BCUT2D eigenvalue weighted by Gasteiger charge is 2.41. The van der Waals surface area contributed by atoms with Gasteiger partial charge >= 0.3 is 5.97 Å². The third-order valence-corrected chi connectivity index (χ3v) is 8.55. The van der Waals surface area contributed by atoms with E-state index in [-0.39, 0.29) is 18.2 Å². The Morgan fingerprint density at radius 2 is 1.54 bits per heavy atom. The molecule has 5 rings (SSSR count). The Bertz CT molecular complexity index is 1810. The molecule has 0 saturated carbocycles. The van der Waals surface area contributed by atoms with Gasteiger partial charge in [0.15, 0.2) is 0 Å². The molecule has 1 aliphatic heterocycles. The number of carbonyl (C=O) groups is 1. The van der Waals surface area contributed by atoms with E-state index in [4.69, 9.17) is 9.47 Å². The summed E-state index contributed by atoms with van der Waals surface area (Å²) in [6.45, 7) is 1.85. The van der Waals surface area contributed by atoms with Crippen molar-refractivity contribution in [3.8, 4) is 6.07 Å². The van der Waals surface area contributed by atoms with Gasteiger partial charge in [0.1, 0.15) is 23.8 Å². The van der Waals surface area contributed by atoms with Gasteiger partial charge in [0.05, 0.1) is 23.8 Å². The summed E-state index contributed by atoms with van der Waals surface area (Å²) in [7, 11) is 8.00. The van der Waals surface area contributed by atoms with Crippen LogP contribution in [0.5, 0.6) is 0 Å². The predicted octanol–water partition coefficient (Wildman–Crippen LogP) is 7.50. The molecule has 1 radical (unpaired) electrons. The Morgan fingerprint density at radius 1 is 0.875 bits per heavy atom. The third-order valence-electron chi connectivity index (χ3n) is 8.55. The first-order valence-electron chi connectivity index (χ1n) is 16.0. The van der Waals surface area contributed by atoms with Crippen molar-refractivity contribution in [1.29, 1.82) is 5.26 Å². The fourth-order valence-electron chi connectivity index (χ4n) is 6.09. The summed E-state index contributed by atoms with van der Waals surface area (Å²) < 4.78 is 40.0. The van der Waals surface area contributed by atoms with Crippen molar-refractivity contribution in [2.75, 3.05) is 41.3 Å². The van der Waals surface area contributed by atoms with Crippen molar-refractivity contribution >= 4 is 11.5 Å². The van der Waals surface area contributed by atoms with E-state index in [0.29, 0.717) is 36.1 Å². The fraction of sp³-hybridized carbons (Fsp3) is 0.300. The maximum Gasteiger partial charge on any atom is 0.338 e. The number of halogens is 2. The van der Waals surface area contributed by atoms with Gasteiger partial charge < -0.3 is 19.3 Å². The van der Waals surface area contributed by atoms with Crippen LogP contribution in [0.2, 0.25) is 0 Å². The highest BCUT2D eigenvalue weighted by atomic mass is 19.1. The molecule has 6 nitrogen and oxygen atoms in total. The smallest absolute Gasteiger partial charge is 0.338 e. The van der Waals surface area contributed by atoms with Gasteiger partial charge in [-0.05, 0) is 148 Å². The van der Waals surface area contributed by atoms with Gasteiger partial charge in [0.25, 0.3) is 0 Å². The van der Waals surface area contributed by atoms with Crippen LogP contribution in [0.4, 0.5) is 8.78 Å². The van der Waals surface area contributed by atoms with E-state index in [1.165, 1.54) is 24.3 Å². The minimum atomic E-state index is -0.750. The molecule has 4 aromatic carbocycles. The van der Waals surface area contributed by atoms with Crippen LogP contribution in [0.1, 0.15) is 68.6 Å². The Labute approximate surface area is 281 Å². The molecular weight excluding hydrogens is 608 g/mol. The highest BCUT2D eigenvalue weighted by molar-refractivity contribution is 5.90. The quantitative estimate of drug-likeness (QED) is 0.140. The number of rotatable bonds is 13. The number of fused-ring (bicyclic) bond motifs is 1. The van der Waals surface area contributed by atoms with Gasteiger partial charge in [-0.1, -0.05) is 36.4 Å². The molecule has 0 amide bonds. The van der Waals surface area contributed by atoms with Crippen LogP contribution in [0.3, 0.4) is 0 Å². The Hall–Kier alpha value is -4.68. The van der Waals surface area contributed by atoms with Crippen LogP contribution in [0.15, 0.2) is 84.9 Å². The van der Waals surface area contributed by atoms with Gasteiger partial charge in [-0.3, -0.25) is 0 Å². The van der Waals surface area contributed by atoms with E-state index < -0.39 is 11.6 Å². The van der Waals surface area contributed by atoms with Crippen molar-refractivity contribution in [3.05, 3.63) is 147 Å². The van der Waals surface area contributed by atoms with Crippen molar-refractivity contribution < 1.29 is 23.0 Å². The lowest BCUT2D eigenvalue weighted by Gasteiger charge is -2.31. The number of nitrogens with zero attached hydrogens (tertiary/aromatic N) is 3. The molecule has 0 saturated heterocycles. The second-order valence-electron chi connectivity index (χ2n) is 12.6. The number of hydrogen-bond donors (Lipinski definition) is 0. The SMILES string of the molecule is CN(C)CC/[C]=C(/c1ccc(F)cc1)c1ccc(C#N)cc1COC(=O)c1ccc2c(c1)COC2(CCCN(C)C)c1ccc(F)cc1. The van der Waals surface area contributed by atoms with E-state index in [9.17, 15) is 18.8 Å². The number of ether oxygens (including phenoxy) is 2. The number of esters is 1.